The first-order chi connectivity index (χ1) is 12.5. The zero-order valence-corrected chi connectivity index (χ0v) is 15.4. The summed E-state index contributed by atoms with van der Waals surface area (Å²) >= 11 is 1.32. The molecule has 2 heterocycles. The van der Waals surface area contributed by atoms with E-state index >= 15 is 0 Å². The molecule has 0 saturated carbocycles. The fraction of sp³-hybridized carbons (Fsp3) is 0.211. The molecule has 0 aliphatic rings. The third-order valence-corrected chi connectivity index (χ3v) is 4.72. The molecule has 0 saturated heterocycles. The van der Waals surface area contributed by atoms with Crippen LogP contribution in [0.25, 0.3) is 0 Å². The van der Waals surface area contributed by atoms with Gasteiger partial charge in [0.1, 0.15) is 0 Å². The number of nitrogens with one attached hydrogen (secondary N) is 2. The number of rotatable bonds is 6. The van der Waals surface area contributed by atoms with Crippen molar-refractivity contribution in [2.45, 2.75) is 26.7 Å². The van der Waals surface area contributed by atoms with E-state index in [-0.39, 0.29) is 17.6 Å². The molecule has 0 unspecified atom stereocenters. The topological polar surface area (TPSA) is 84.2 Å². The molecule has 7 heteroatoms. The Balaban J connectivity index is 1.50. The van der Waals surface area contributed by atoms with Crippen molar-refractivity contribution in [3.8, 4) is 0 Å². The quantitative estimate of drug-likeness (QED) is 0.683. The molecule has 3 rings (SSSR count). The third kappa shape index (κ3) is 4.58. The summed E-state index contributed by atoms with van der Waals surface area (Å²) in [6.07, 6.45) is 2.27. The standard InChI is InChI=1S/C19H19N3O3S/c1-12-5-6-14(10-13(12)2)20-17(23)8-7-15-11-26-19(21-15)22-18(24)16-4-3-9-25-16/h3-6,9-11H,7-8H2,1-2H3,(H,20,23)(H,21,22,24). The normalized spacial score (nSPS) is 10.5. The lowest BCUT2D eigenvalue weighted by Crippen LogP contribution is -2.13. The molecule has 26 heavy (non-hydrogen) atoms. The lowest BCUT2D eigenvalue weighted by molar-refractivity contribution is -0.116. The van der Waals surface area contributed by atoms with Crippen LogP contribution < -0.4 is 10.6 Å². The van der Waals surface area contributed by atoms with E-state index in [2.05, 4.69) is 15.6 Å². The van der Waals surface area contributed by atoms with Crippen molar-refractivity contribution < 1.29 is 14.0 Å². The van der Waals surface area contributed by atoms with E-state index in [0.29, 0.717) is 18.0 Å². The van der Waals surface area contributed by atoms with Gasteiger partial charge in [-0.3, -0.25) is 14.9 Å². The van der Waals surface area contributed by atoms with Crippen molar-refractivity contribution in [2.75, 3.05) is 10.6 Å². The van der Waals surface area contributed by atoms with Crippen molar-refractivity contribution in [1.82, 2.24) is 4.98 Å². The van der Waals surface area contributed by atoms with Gasteiger partial charge in [0.2, 0.25) is 5.91 Å². The third-order valence-electron chi connectivity index (χ3n) is 3.92. The van der Waals surface area contributed by atoms with Gasteiger partial charge in [0.25, 0.3) is 5.91 Å². The number of anilines is 2. The Bertz CT molecular complexity index is 916. The van der Waals surface area contributed by atoms with Gasteiger partial charge in [-0.2, -0.15) is 0 Å². The number of furan rings is 1. The first-order valence-corrected chi connectivity index (χ1v) is 9.05. The largest absolute Gasteiger partial charge is 0.459 e. The van der Waals surface area contributed by atoms with Crippen molar-refractivity contribution in [1.29, 1.82) is 0 Å². The molecular weight excluding hydrogens is 350 g/mol. The minimum Gasteiger partial charge on any atom is -0.459 e. The molecule has 6 nitrogen and oxygen atoms in total. The number of aromatic nitrogens is 1. The molecule has 3 aromatic rings. The summed E-state index contributed by atoms with van der Waals surface area (Å²) in [5, 5.41) is 7.89. The minimum atomic E-state index is -0.344. The number of aryl methyl sites for hydroxylation is 3. The second-order valence-corrected chi connectivity index (χ2v) is 6.78. The Labute approximate surface area is 155 Å². The summed E-state index contributed by atoms with van der Waals surface area (Å²) in [5.41, 5.74) is 3.89. The van der Waals surface area contributed by atoms with Gasteiger partial charge < -0.3 is 9.73 Å². The van der Waals surface area contributed by atoms with Crippen LogP contribution in [0.1, 0.15) is 33.8 Å². The molecule has 2 aromatic heterocycles. The van der Waals surface area contributed by atoms with E-state index in [0.717, 1.165) is 16.9 Å². The summed E-state index contributed by atoms with van der Waals surface area (Å²) in [5.74, 6) is -0.180. The molecule has 0 radical (unpaired) electrons. The zero-order chi connectivity index (χ0) is 18.5. The summed E-state index contributed by atoms with van der Waals surface area (Å²) < 4.78 is 5.04. The van der Waals surface area contributed by atoms with Gasteiger partial charge in [0.15, 0.2) is 10.9 Å². The van der Waals surface area contributed by atoms with E-state index in [1.165, 1.54) is 23.2 Å². The molecule has 0 bridgehead atoms. The molecule has 0 aliphatic carbocycles. The summed E-state index contributed by atoms with van der Waals surface area (Å²) in [4.78, 5) is 28.3. The first kappa shape index (κ1) is 17.9. The Morgan fingerprint density at radius 2 is 2.00 bits per heavy atom. The lowest BCUT2D eigenvalue weighted by atomic mass is 10.1. The molecule has 0 spiro atoms. The Hall–Kier alpha value is -2.93. The molecular formula is C19H19N3O3S. The van der Waals surface area contributed by atoms with E-state index in [1.807, 2.05) is 37.4 Å². The van der Waals surface area contributed by atoms with Crippen molar-refractivity contribution in [3.63, 3.8) is 0 Å². The van der Waals surface area contributed by atoms with Crippen LogP contribution in [0.4, 0.5) is 10.8 Å². The van der Waals surface area contributed by atoms with E-state index in [1.54, 1.807) is 12.1 Å². The van der Waals surface area contributed by atoms with Crippen molar-refractivity contribution in [3.05, 3.63) is 64.6 Å². The number of carbonyl (C=O) groups is 2. The number of hydrogen-bond donors (Lipinski definition) is 2. The van der Waals surface area contributed by atoms with Gasteiger partial charge in [-0.05, 0) is 55.7 Å². The number of thiazole rings is 1. The first-order valence-electron chi connectivity index (χ1n) is 8.17. The van der Waals surface area contributed by atoms with E-state index in [4.69, 9.17) is 4.42 Å². The van der Waals surface area contributed by atoms with Gasteiger partial charge in [0.05, 0.1) is 12.0 Å². The lowest BCUT2D eigenvalue weighted by Gasteiger charge is -2.07. The highest BCUT2D eigenvalue weighted by molar-refractivity contribution is 7.13. The van der Waals surface area contributed by atoms with Crippen LogP contribution in [-0.2, 0) is 11.2 Å². The average molecular weight is 369 g/mol. The second kappa shape index (κ2) is 7.97. The predicted molar refractivity (Wildman–Crippen MR) is 102 cm³/mol. The number of nitrogens with zero attached hydrogens (tertiary/aromatic N) is 1. The molecule has 0 atom stereocenters. The van der Waals surface area contributed by atoms with Gasteiger partial charge in [0, 0.05) is 17.5 Å². The monoisotopic (exact) mass is 369 g/mol. The molecule has 0 aliphatic heterocycles. The maximum atomic E-state index is 12.1. The Morgan fingerprint density at radius 1 is 1.15 bits per heavy atom. The maximum Gasteiger partial charge on any atom is 0.293 e. The average Bonchev–Trinajstić information content (AvgIpc) is 3.28. The zero-order valence-electron chi connectivity index (χ0n) is 14.5. The van der Waals surface area contributed by atoms with Crippen LogP contribution in [0.5, 0.6) is 0 Å². The smallest absolute Gasteiger partial charge is 0.293 e. The fourth-order valence-electron chi connectivity index (χ4n) is 2.33. The summed E-state index contributed by atoms with van der Waals surface area (Å²) in [7, 11) is 0. The van der Waals surface area contributed by atoms with Crippen LogP contribution in [0.15, 0.2) is 46.4 Å². The molecule has 2 amide bonds. The van der Waals surface area contributed by atoms with Crippen LogP contribution >= 0.6 is 11.3 Å². The van der Waals surface area contributed by atoms with Crippen molar-refractivity contribution >= 4 is 34.0 Å². The molecule has 134 valence electrons. The van der Waals surface area contributed by atoms with E-state index in [9.17, 15) is 9.59 Å². The van der Waals surface area contributed by atoms with E-state index < -0.39 is 0 Å². The van der Waals surface area contributed by atoms with Crippen LogP contribution in [0, 0.1) is 13.8 Å². The number of carbonyl (C=O) groups excluding carboxylic acids is 2. The van der Waals surface area contributed by atoms with Gasteiger partial charge in [-0.15, -0.1) is 11.3 Å². The highest BCUT2D eigenvalue weighted by Gasteiger charge is 2.12. The highest BCUT2D eigenvalue weighted by atomic mass is 32.1. The molecule has 1 aromatic carbocycles. The van der Waals surface area contributed by atoms with Gasteiger partial charge in [-0.1, -0.05) is 6.07 Å². The Kier molecular flexibility index (Phi) is 5.48. The number of benzene rings is 1. The fourth-order valence-corrected chi connectivity index (χ4v) is 3.07. The van der Waals surface area contributed by atoms with Gasteiger partial charge in [-0.25, -0.2) is 4.98 Å². The highest BCUT2D eigenvalue weighted by Crippen LogP contribution is 2.18. The summed E-state index contributed by atoms with van der Waals surface area (Å²) in [6.45, 7) is 4.05. The Morgan fingerprint density at radius 3 is 2.73 bits per heavy atom. The minimum absolute atomic E-state index is 0.0672. The van der Waals surface area contributed by atoms with Crippen molar-refractivity contribution in [2.24, 2.45) is 0 Å². The maximum absolute atomic E-state index is 12.1. The van der Waals surface area contributed by atoms with Crippen LogP contribution in [-0.4, -0.2) is 16.8 Å². The predicted octanol–water partition coefficient (Wildman–Crippen LogP) is 4.18. The SMILES string of the molecule is Cc1ccc(NC(=O)CCc2csc(NC(=O)c3ccco3)n2)cc1C. The van der Waals surface area contributed by atoms with Gasteiger partial charge >= 0.3 is 0 Å². The number of hydrogen-bond acceptors (Lipinski definition) is 5. The summed E-state index contributed by atoms with van der Waals surface area (Å²) in [6, 6.07) is 9.07. The van der Waals surface area contributed by atoms with Crippen LogP contribution in [0.2, 0.25) is 0 Å². The van der Waals surface area contributed by atoms with Crippen LogP contribution in [0.3, 0.4) is 0 Å². The molecule has 0 fully saturated rings. The second-order valence-electron chi connectivity index (χ2n) is 5.92. The number of amides is 2. The molecule has 2 N–H and O–H groups in total.